The molecule has 0 aromatic carbocycles. The molecular formula is C14H22N2O. The molecule has 1 aromatic heterocycles. The number of hydrogen-bond donors (Lipinski definition) is 1. The molecule has 1 N–H and O–H groups in total. The van der Waals surface area contributed by atoms with Crippen molar-refractivity contribution in [3.63, 3.8) is 0 Å². The van der Waals surface area contributed by atoms with Crippen LogP contribution >= 0.6 is 0 Å². The summed E-state index contributed by atoms with van der Waals surface area (Å²) in [6.45, 7) is 10.2. The predicted molar refractivity (Wildman–Crippen MR) is 70.1 cm³/mol. The van der Waals surface area contributed by atoms with Gasteiger partial charge in [-0.25, -0.2) is 0 Å². The van der Waals surface area contributed by atoms with Gasteiger partial charge >= 0.3 is 0 Å². The zero-order valence-corrected chi connectivity index (χ0v) is 10.6. The molecule has 0 radical (unpaired) electrons. The maximum Gasteiger partial charge on any atom is 0.121 e. The highest BCUT2D eigenvalue weighted by atomic mass is 16.3. The normalized spacial score (nSPS) is 19.1. The Bertz CT molecular complexity index is 353. The monoisotopic (exact) mass is 234 g/mol. The van der Waals surface area contributed by atoms with Crippen molar-refractivity contribution >= 4 is 0 Å². The minimum Gasteiger partial charge on any atom is -0.465 e. The van der Waals surface area contributed by atoms with Gasteiger partial charge < -0.3 is 9.73 Å². The van der Waals surface area contributed by atoms with E-state index in [0.29, 0.717) is 6.04 Å². The summed E-state index contributed by atoms with van der Waals surface area (Å²) in [5.74, 6) is 2.10. The first-order chi connectivity index (χ1) is 8.31. The van der Waals surface area contributed by atoms with Crippen molar-refractivity contribution in [2.75, 3.05) is 26.2 Å². The van der Waals surface area contributed by atoms with Crippen LogP contribution in [0.15, 0.2) is 29.2 Å². The lowest BCUT2D eigenvalue weighted by Gasteiger charge is -2.33. The minimum absolute atomic E-state index is 0.406. The third-order valence-electron chi connectivity index (χ3n) is 3.33. The maximum atomic E-state index is 5.80. The number of nitrogens with zero attached hydrogens (tertiary/aromatic N) is 1. The third kappa shape index (κ3) is 3.20. The van der Waals surface area contributed by atoms with E-state index in [9.17, 15) is 0 Å². The summed E-state index contributed by atoms with van der Waals surface area (Å²) in [6.07, 6.45) is 4.12. The molecule has 0 saturated carbocycles. The Hall–Kier alpha value is -1.06. The molecule has 2 heterocycles. The van der Waals surface area contributed by atoms with E-state index in [2.05, 4.69) is 28.9 Å². The third-order valence-corrected chi connectivity index (χ3v) is 3.33. The second-order valence-electron chi connectivity index (χ2n) is 4.62. The van der Waals surface area contributed by atoms with Crippen molar-refractivity contribution in [3.8, 4) is 0 Å². The molecule has 3 nitrogen and oxygen atoms in total. The van der Waals surface area contributed by atoms with Crippen molar-refractivity contribution in [3.05, 3.63) is 36.3 Å². The van der Waals surface area contributed by atoms with Gasteiger partial charge in [0.15, 0.2) is 0 Å². The first-order valence-electron chi connectivity index (χ1n) is 6.43. The standard InChI is InChI=1S/C14H22N2O/c1-3-4-5-13(14-7-6-12(2)17-14)16-10-8-15-9-11-16/h3,6-7,13,15H,1,4-5,8-11H2,2H3/t13-/m0/s1. The van der Waals surface area contributed by atoms with Crippen LogP contribution in [-0.2, 0) is 0 Å². The van der Waals surface area contributed by atoms with Crippen molar-refractivity contribution < 1.29 is 4.42 Å². The van der Waals surface area contributed by atoms with Gasteiger partial charge in [0, 0.05) is 26.2 Å². The predicted octanol–water partition coefficient (Wildman–Crippen LogP) is 2.50. The molecule has 1 aliphatic rings. The SMILES string of the molecule is C=CCC[C@@H](c1ccc(C)o1)N1CCNCC1. The van der Waals surface area contributed by atoms with E-state index >= 15 is 0 Å². The van der Waals surface area contributed by atoms with Gasteiger partial charge in [-0.15, -0.1) is 6.58 Å². The quantitative estimate of drug-likeness (QED) is 0.793. The molecule has 1 aliphatic heterocycles. The van der Waals surface area contributed by atoms with Gasteiger partial charge in [-0.3, -0.25) is 4.90 Å². The maximum absolute atomic E-state index is 5.80. The fourth-order valence-electron chi connectivity index (χ4n) is 2.41. The van der Waals surface area contributed by atoms with E-state index in [1.165, 1.54) is 0 Å². The molecular weight excluding hydrogens is 212 g/mol. The Labute approximate surface area is 103 Å². The molecule has 94 valence electrons. The fourth-order valence-corrected chi connectivity index (χ4v) is 2.41. The molecule has 0 spiro atoms. The average molecular weight is 234 g/mol. The van der Waals surface area contributed by atoms with Gasteiger partial charge in [0.25, 0.3) is 0 Å². The van der Waals surface area contributed by atoms with Gasteiger partial charge in [0.05, 0.1) is 6.04 Å². The Kier molecular flexibility index (Phi) is 4.40. The van der Waals surface area contributed by atoms with Gasteiger partial charge in [-0.2, -0.15) is 0 Å². The number of furan rings is 1. The van der Waals surface area contributed by atoms with Crippen LogP contribution in [0.25, 0.3) is 0 Å². The Morgan fingerprint density at radius 1 is 1.47 bits per heavy atom. The number of aryl methyl sites for hydroxylation is 1. The second kappa shape index (κ2) is 6.03. The van der Waals surface area contributed by atoms with Crippen LogP contribution in [-0.4, -0.2) is 31.1 Å². The molecule has 0 aliphatic carbocycles. The van der Waals surface area contributed by atoms with Crippen molar-refractivity contribution in [1.82, 2.24) is 10.2 Å². The van der Waals surface area contributed by atoms with Crippen LogP contribution in [0.3, 0.4) is 0 Å². The molecule has 1 fully saturated rings. The topological polar surface area (TPSA) is 28.4 Å². The summed E-state index contributed by atoms with van der Waals surface area (Å²) in [5.41, 5.74) is 0. The van der Waals surface area contributed by atoms with Crippen LogP contribution < -0.4 is 5.32 Å². The molecule has 3 heteroatoms. The first kappa shape index (κ1) is 12.4. The fraction of sp³-hybridized carbons (Fsp3) is 0.571. The van der Waals surface area contributed by atoms with Crippen LogP contribution in [0.5, 0.6) is 0 Å². The van der Waals surface area contributed by atoms with Gasteiger partial charge in [-0.05, 0) is 31.9 Å². The lowest BCUT2D eigenvalue weighted by Crippen LogP contribution is -2.45. The Morgan fingerprint density at radius 2 is 2.24 bits per heavy atom. The number of hydrogen-bond acceptors (Lipinski definition) is 3. The van der Waals surface area contributed by atoms with Gasteiger partial charge in [0.2, 0.25) is 0 Å². The summed E-state index contributed by atoms with van der Waals surface area (Å²) in [7, 11) is 0. The minimum atomic E-state index is 0.406. The highest BCUT2D eigenvalue weighted by molar-refractivity contribution is 5.10. The Balaban J connectivity index is 2.08. The number of nitrogens with one attached hydrogen (secondary N) is 1. The highest BCUT2D eigenvalue weighted by Crippen LogP contribution is 2.27. The first-order valence-corrected chi connectivity index (χ1v) is 6.43. The molecule has 0 bridgehead atoms. The zero-order valence-electron chi connectivity index (χ0n) is 10.6. The van der Waals surface area contributed by atoms with Crippen molar-refractivity contribution in [2.24, 2.45) is 0 Å². The number of allylic oxidation sites excluding steroid dienone is 1. The smallest absolute Gasteiger partial charge is 0.121 e. The van der Waals surface area contributed by atoms with Crippen molar-refractivity contribution in [1.29, 1.82) is 0 Å². The van der Waals surface area contributed by atoms with Crippen LogP contribution in [0.2, 0.25) is 0 Å². The molecule has 17 heavy (non-hydrogen) atoms. The molecule has 0 amide bonds. The molecule has 0 unspecified atom stereocenters. The second-order valence-corrected chi connectivity index (χ2v) is 4.62. The average Bonchev–Trinajstić information content (AvgIpc) is 2.78. The van der Waals surface area contributed by atoms with E-state index < -0.39 is 0 Å². The molecule has 2 rings (SSSR count). The number of piperazine rings is 1. The van der Waals surface area contributed by atoms with E-state index in [-0.39, 0.29) is 0 Å². The van der Waals surface area contributed by atoms with Gasteiger partial charge in [0.1, 0.15) is 11.5 Å². The van der Waals surface area contributed by atoms with Crippen LogP contribution in [0.1, 0.15) is 30.4 Å². The van der Waals surface area contributed by atoms with Crippen LogP contribution in [0, 0.1) is 6.92 Å². The summed E-state index contributed by atoms with van der Waals surface area (Å²) >= 11 is 0. The Morgan fingerprint density at radius 3 is 2.82 bits per heavy atom. The van der Waals surface area contributed by atoms with Crippen LogP contribution in [0.4, 0.5) is 0 Å². The molecule has 1 atom stereocenters. The largest absolute Gasteiger partial charge is 0.465 e. The summed E-state index contributed by atoms with van der Waals surface area (Å²) in [6, 6.07) is 4.58. The molecule has 1 saturated heterocycles. The highest BCUT2D eigenvalue weighted by Gasteiger charge is 2.23. The van der Waals surface area contributed by atoms with E-state index in [0.717, 1.165) is 50.5 Å². The van der Waals surface area contributed by atoms with E-state index in [1.54, 1.807) is 0 Å². The van der Waals surface area contributed by atoms with E-state index in [4.69, 9.17) is 4.42 Å². The molecule has 1 aromatic rings. The lowest BCUT2D eigenvalue weighted by atomic mass is 10.1. The lowest BCUT2D eigenvalue weighted by molar-refractivity contribution is 0.146. The number of rotatable bonds is 5. The van der Waals surface area contributed by atoms with Crippen molar-refractivity contribution in [2.45, 2.75) is 25.8 Å². The summed E-state index contributed by atoms with van der Waals surface area (Å²) in [4.78, 5) is 2.51. The summed E-state index contributed by atoms with van der Waals surface area (Å²) in [5, 5.41) is 3.39. The zero-order chi connectivity index (χ0) is 12.1. The van der Waals surface area contributed by atoms with E-state index in [1.807, 2.05) is 13.0 Å². The van der Waals surface area contributed by atoms with Gasteiger partial charge in [-0.1, -0.05) is 6.08 Å². The summed E-state index contributed by atoms with van der Waals surface area (Å²) < 4.78 is 5.80.